The lowest BCUT2D eigenvalue weighted by Crippen LogP contribution is -2.36. The van der Waals surface area contributed by atoms with Crippen LogP contribution in [0.5, 0.6) is 0 Å². The number of methoxy groups -OCH3 is 1. The SMILES string of the molecule is COCC(C)NS(=O)(=O)c1cc2c3c(c1)CC(=O)N3CCC2. The number of carbonyl (C=O) groups excluding carboxylic acids is 1. The number of nitrogens with one attached hydrogen (secondary N) is 1. The Morgan fingerprint density at radius 2 is 2.09 bits per heavy atom. The molecule has 3 rings (SSSR count). The molecule has 2 aliphatic heterocycles. The summed E-state index contributed by atoms with van der Waals surface area (Å²) in [4.78, 5) is 14.0. The van der Waals surface area contributed by atoms with Gasteiger partial charge in [-0.1, -0.05) is 0 Å². The molecular formula is C15H20N2O4S. The Balaban J connectivity index is 1.97. The van der Waals surface area contributed by atoms with Crippen LogP contribution in [0.4, 0.5) is 5.69 Å². The fourth-order valence-corrected chi connectivity index (χ4v) is 4.55. The van der Waals surface area contributed by atoms with Crippen LogP contribution in [0, 0.1) is 0 Å². The summed E-state index contributed by atoms with van der Waals surface area (Å²) in [6.07, 6.45) is 1.97. The molecule has 2 aliphatic rings. The topological polar surface area (TPSA) is 75.7 Å². The van der Waals surface area contributed by atoms with Crippen molar-refractivity contribution in [3.63, 3.8) is 0 Å². The molecule has 22 heavy (non-hydrogen) atoms. The molecule has 0 aromatic heterocycles. The van der Waals surface area contributed by atoms with Gasteiger partial charge in [-0.05, 0) is 43.0 Å². The zero-order valence-electron chi connectivity index (χ0n) is 12.8. The molecular weight excluding hydrogens is 304 g/mol. The molecule has 1 N–H and O–H groups in total. The maximum atomic E-state index is 12.5. The molecule has 120 valence electrons. The first-order chi connectivity index (χ1) is 10.4. The van der Waals surface area contributed by atoms with Crippen LogP contribution in [0.2, 0.25) is 0 Å². The maximum absolute atomic E-state index is 12.5. The second kappa shape index (κ2) is 5.64. The van der Waals surface area contributed by atoms with Gasteiger partial charge in [-0.2, -0.15) is 0 Å². The third-order valence-corrected chi connectivity index (χ3v) is 5.63. The van der Waals surface area contributed by atoms with E-state index in [2.05, 4.69) is 4.72 Å². The highest BCUT2D eigenvalue weighted by atomic mass is 32.2. The van der Waals surface area contributed by atoms with Crippen molar-refractivity contribution < 1.29 is 17.9 Å². The fraction of sp³-hybridized carbons (Fsp3) is 0.533. The Hall–Kier alpha value is -1.44. The van der Waals surface area contributed by atoms with Crippen molar-refractivity contribution in [3.8, 4) is 0 Å². The van der Waals surface area contributed by atoms with E-state index >= 15 is 0 Å². The lowest BCUT2D eigenvalue weighted by atomic mass is 10.0. The van der Waals surface area contributed by atoms with E-state index in [1.807, 2.05) is 0 Å². The number of hydrogen-bond acceptors (Lipinski definition) is 4. The number of ether oxygens (including phenoxy) is 1. The molecule has 0 saturated heterocycles. The van der Waals surface area contributed by atoms with E-state index in [4.69, 9.17) is 4.74 Å². The van der Waals surface area contributed by atoms with Crippen LogP contribution in [-0.4, -0.2) is 40.6 Å². The summed E-state index contributed by atoms with van der Waals surface area (Å²) in [6, 6.07) is 3.02. The predicted molar refractivity (Wildman–Crippen MR) is 82.5 cm³/mol. The lowest BCUT2D eigenvalue weighted by molar-refractivity contribution is -0.117. The number of carbonyl (C=O) groups is 1. The van der Waals surface area contributed by atoms with Crippen LogP contribution in [0.15, 0.2) is 17.0 Å². The molecule has 1 atom stereocenters. The predicted octanol–water partition coefficient (Wildman–Crippen LogP) is 0.835. The van der Waals surface area contributed by atoms with Crippen LogP contribution in [0.1, 0.15) is 24.5 Å². The van der Waals surface area contributed by atoms with Gasteiger partial charge in [0.05, 0.1) is 23.6 Å². The zero-order valence-corrected chi connectivity index (χ0v) is 13.6. The molecule has 1 amide bonds. The first-order valence-corrected chi connectivity index (χ1v) is 8.88. The standard InChI is InChI=1S/C15H20N2O4S/c1-10(9-21-2)16-22(19,20)13-6-11-4-3-5-17-14(18)8-12(7-13)15(11)17/h6-7,10,16H,3-5,8-9H2,1-2H3. The van der Waals surface area contributed by atoms with E-state index in [0.29, 0.717) is 13.0 Å². The summed E-state index contributed by atoms with van der Waals surface area (Å²) >= 11 is 0. The maximum Gasteiger partial charge on any atom is 0.240 e. The second-order valence-corrected chi connectivity index (χ2v) is 7.61. The number of nitrogens with zero attached hydrogens (tertiary/aromatic N) is 1. The highest BCUT2D eigenvalue weighted by molar-refractivity contribution is 7.89. The van der Waals surface area contributed by atoms with Gasteiger partial charge < -0.3 is 9.64 Å². The van der Waals surface area contributed by atoms with Crippen molar-refractivity contribution in [3.05, 3.63) is 23.3 Å². The van der Waals surface area contributed by atoms with Crippen LogP contribution < -0.4 is 9.62 Å². The summed E-state index contributed by atoms with van der Waals surface area (Å²) in [7, 11) is -2.07. The van der Waals surface area contributed by atoms with Crippen molar-refractivity contribution in [2.24, 2.45) is 0 Å². The number of amides is 1. The van der Waals surface area contributed by atoms with E-state index in [0.717, 1.165) is 36.2 Å². The van der Waals surface area contributed by atoms with Gasteiger partial charge in [0.25, 0.3) is 0 Å². The summed E-state index contributed by atoms with van der Waals surface area (Å²) in [5, 5.41) is 0. The minimum absolute atomic E-state index is 0.0613. The fourth-order valence-electron chi connectivity index (χ4n) is 3.22. The van der Waals surface area contributed by atoms with Gasteiger partial charge >= 0.3 is 0 Å². The van der Waals surface area contributed by atoms with Gasteiger partial charge in [-0.15, -0.1) is 0 Å². The molecule has 0 radical (unpaired) electrons. The molecule has 6 nitrogen and oxygen atoms in total. The number of benzene rings is 1. The Kier molecular flexibility index (Phi) is 3.96. The highest BCUT2D eigenvalue weighted by Crippen LogP contribution is 2.38. The molecule has 1 aromatic rings. The minimum atomic E-state index is -3.61. The van der Waals surface area contributed by atoms with Crippen LogP contribution in [0.25, 0.3) is 0 Å². The number of sulfonamides is 1. The van der Waals surface area contributed by atoms with Crippen LogP contribution >= 0.6 is 0 Å². The van der Waals surface area contributed by atoms with Crippen molar-refractivity contribution in [1.29, 1.82) is 0 Å². The number of anilines is 1. The third-order valence-electron chi connectivity index (χ3n) is 4.07. The molecule has 0 spiro atoms. The molecule has 7 heteroatoms. The van der Waals surface area contributed by atoms with Crippen molar-refractivity contribution in [2.75, 3.05) is 25.2 Å². The number of rotatable bonds is 5. The highest BCUT2D eigenvalue weighted by Gasteiger charge is 2.33. The Morgan fingerprint density at radius 1 is 1.36 bits per heavy atom. The van der Waals surface area contributed by atoms with Gasteiger partial charge in [0.2, 0.25) is 15.9 Å². The van der Waals surface area contributed by atoms with Crippen molar-refractivity contribution in [1.82, 2.24) is 4.72 Å². The Bertz CT molecular complexity index is 714. The van der Waals surface area contributed by atoms with Gasteiger partial charge in [0.15, 0.2) is 0 Å². The molecule has 1 aromatic carbocycles. The smallest absolute Gasteiger partial charge is 0.240 e. The minimum Gasteiger partial charge on any atom is -0.383 e. The molecule has 0 fully saturated rings. The molecule has 0 saturated carbocycles. The first-order valence-electron chi connectivity index (χ1n) is 7.40. The zero-order chi connectivity index (χ0) is 15.9. The van der Waals surface area contributed by atoms with E-state index in [1.54, 1.807) is 24.0 Å². The lowest BCUT2D eigenvalue weighted by Gasteiger charge is -2.26. The second-order valence-electron chi connectivity index (χ2n) is 5.89. The van der Waals surface area contributed by atoms with Crippen LogP contribution in [0.3, 0.4) is 0 Å². The number of hydrogen-bond donors (Lipinski definition) is 1. The van der Waals surface area contributed by atoms with Gasteiger partial charge in [-0.25, -0.2) is 13.1 Å². The van der Waals surface area contributed by atoms with E-state index in [1.165, 1.54) is 7.11 Å². The van der Waals surface area contributed by atoms with E-state index < -0.39 is 10.0 Å². The van der Waals surface area contributed by atoms with Gasteiger partial charge in [0.1, 0.15) is 0 Å². The largest absolute Gasteiger partial charge is 0.383 e. The van der Waals surface area contributed by atoms with E-state index in [-0.39, 0.29) is 16.8 Å². The summed E-state index contributed by atoms with van der Waals surface area (Å²) in [5.74, 6) is 0.0613. The average Bonchev–Trinajstić information content (AvgIpc) is 2.77. The van der Waals surface area contributed by atoms with Crippen molar-refractivity contribution in [2.45, 2.75) is 37.1 Å². The monoisotopic (exact) mass is 324 g/mol. The Morgan fingerprint density at radius 3 is 2.82 bits per heavy atom. The summed E-state index contributed by atoms with van der Waals surface area (Å²) < 4.78 is 32.6. The molecule has 0 aliphatic carbocycles. The quantitative estimate of drug-likeness (QED) is 0.871. The number of aryl methyl sites for hydroxylation is 1. The Labute approximate surface area is 130 Å². The van der Waals surface area contributed by atoms with Crippen molar-refractivity contribution >= 4 is 21.6 Å². The van der Waals surface area contributed by atoms with Gasteiger partial charge in [-0.3, -0.25) is 4.79 Å². The molecule has 0 bridgehead atoms. The summed E-state index contributed by atoms with van der Waals surface area (Å²) in [5.41, 5.74) is 2.71. The molecule has 2 heterocycles. The summed E-state index contributed by atoms with van der Waals surface area (Å²) in [6.45, 7) is 2.79. The van der Waals surface area contributed by atoms with Gasteiger partial charge in [0, 0.05) is 19.7 Å². The van der Waals surface area contributed by atoms with Crippen LogP contribution in [-0.2, 0) is 32.4 Å². The molecule has 1 unspecified atom stereocenters. The normalized spacial score (nSPS) is 18.5. The first kappa shape index (κ1) is 15.5. The van der Waals surface area contributed by atoms with E-state index in [9.17, 15) is 13.2 Å². The average molecular weight is 324 g/mol. The third kappa shape index (κ3) is 2.64.